The van der Waals surface area contributed by atoms with Gasteiger partial charge in [-0.3, -0.25) is 9.59 Å². The highest BCUT2D eigenvalue weighted by Crippen LogP contribution is 2.27. The van der Waals surface area contributed by atoms with E-state index in [4.69, 9.17) is 0 Å². The van der Waals surface area contributed by atoms with Crippen molar-refractivity contribution < 1.29 is 9.59 Å². The van der Waals surface area contributed by atoms with E-state index >= 15 is 0 Å². The van der Waals surface area contributed by atoms with Crippen LogP contribution in [0.15, 0.2) is 15.9 Å². The third-order valence-corrected chi connectivity index (χ3v) is 4.95. The second-order valence-corrected chi connectivity index (χ2v) is 5.99. The number of hydrogen-bond donors (Lipinski definition) is 1. The minimum absolute atomic E-state index is 0.0508. The Labute approximate surface area is 118 Å². The molecule has 2 amide bonds. The van der Waals surface area contributed by atoms with Crippen molar-refractivity contribution >= 4 is 39.1 Å². The van der Waals surface area contributed by atoms with Crippen LogP contribution in [0.4, 0.5) is 0 Å². The highest BCUT2D eigenvalue weighted by molar-refractivity contribution is 9.10. The first kappa shape index (κ1) is 13.5. The van der Waals surface area contributed by atoms with Crippen LogP contribution in [0, 0.1) is 0 Å². The van der Waals surface area contributed by atoms with Gasteiger partial charge in [-0.15, -0.1) is 11.3 Å². The summed E-state index contributed by atoms with van der Waals surface area (Å²) in [7, 11) is 1.61. The smallest absolute Gasteiger partial charge is 0.265 e. The molecule has 18 heavy (non-hydrogen) atoms. The Hall–Kier alpha value is -0.880. The molecule has 0 radical (unpaired) electrons. The average molecular weight is 331 g/mol. The van der Waals surface area contributed by atoms with Gasteiger partial charge in [0.2, 0.25) is 5.91 Å². The number of likely N-dealkylation sites (tertiary alicyclic amines) is 1. The number of carbonyl (C=O) groups is 2. The van der Waals surface area contributed by atoms with Gasteiger partial charge in [0.1, 0.15) is 10.9 Å². The van der Waals surface area contributed by atoms with Crippen molar-refractivity contribution in [1.29, 1.82) is 0 Å². The van der Waals surface area contributed by atoms with Crippen LogP contribution in [-0.2, 0) is 4.79 Å². The summed E-state index contributed by atoms with van der Waals surface area (Å²) in [6.45, 7) is 0.654. The Morgan fingerprint density at radius 3 is 2.89 bits per heavy atom. The van der Waals surface area contributed by atoms with E-state index < -0.39 is 0 Å². The number of carbonyl (C=O) groups excluding carboxylic acids is 2. The monoisotopic (exact) mass is 330 g/mol. The molecule has 1 unspecified atom stereocenters. The highest BCUT2D eigenvalue weighted by Gasteiger charge is 2.33. The normalized spacial score (nSPS) is 19.7. The van der Waals surface area contributed by atoms with Crippen molar-refractivity contribution in [3.05, 3.63) is 20.8 Å². The summed E-state index contributed by atoms with van der Waals surface area (Å²) < 4.78 is 0.804. The quantitative estimate of drug-likeness (QED) is 0.904. The van der Waals surface area contributed by atoms with Gasteiger partial charge in [0.25, 0.3) is 5.91 Å². The van der Waals surface area contributed by atoms with Gasteiger partial charge in [-0.2, -0.15) is 0 Å². The van der Waals surface area contributed by atoms with Crippen LogP contribution in [0.5, 0.6) is 0 Å². The summed E-state index contributed by atoms with van der Waals surface area (Å²) >= 11 is 4.77. The molecule has 1 aromatic heterocycles. The van der Waals surface area contributed by atoms with E-state index in [1.165, 1.54) is 11.3 Å². The average Bonchev–Trinajstić information content (AvgIpc) is 2.83. The van der Waals surface area contributed by atoms with Crippen LogP contribution in [0.2, 0.25) is 0 Å². The molecule has 0 spiro atoms. The SMILES string of the molecule is CNC(=O)C1CCCCN1C(=O)c1sccc1Br. The summed E-state index contributed by atoms with van der Waals surface area (Å²) in [6.07, 6.45) is 2.70. The van der Waals surface area contributed by atoms with Gasteiger partial charge in [0, 0.05) is 18.1 Å². The molecule has 4 nitrogen and oxygen atoms in total. The van der Waals surface area contributed by atoms with Crippen molar-refractivity contribution in [1.82, 2.24) is 10.2 Å². The van der Waals surface area contributed by atoms with Gasteiger partial charge < -0.3 is 10.2 Å². The number of amides is 2. The van der Waals surface area contributed by atoms with Gasteiger partial charge in [0.15, 0.2) is 0 Å². The third kappa shape index (κ3) is 2.59. The number of thiophene rings is 1. The highest BCUT2D eigenvalue weighted by atomic mass is 79.9. The lowest BCUT2D eigenvalue weighted by atomic mass is 10.0. The largest absolute Gasteiger partial charge is 0.357 e. The van der Waals surface area contributed by atoms with Crippen LogP contribution in [0.1, 0.15) is 28.9 Å². The van der Waals surface area contributed by atoms with Crippen LogP contribution < -0.4 is 5.32 Å². The first-order valence-corrected chi connectivity index (χ1v) is 7.58. The zero-order valence-electron chi connectivity index (χ0n) is 10.1. The Morgan fingerprint density at radius 2 is 2.28 bits per heavy atom. The number of halogens is 1. The number of likely N-dealkylation sites (N-methyl/N-ethyl adjacent to an activating group) is 1. The van der Waals surface area contributed by atoms with E-state index in [2.05, 4.69) is 21.2 Å². The molecule has 1 atom stereocenters. The molecule has 1 aromatic rings. The van der Waals surface area contributed by atoms with Crippen LogP contribution >= 0.6 is 27.3 Å². The van der Waals surface area contributed by atoms with Gasteiger partial charge in [-0.25, -0.2) is 0 Å². The number of piperidine rings is 1. The van der Waals surface area contributed by atoms with E-state index in [0.717, 1.165) is 23.7 Å². The molecule has 0 saturated carbocycles. The van der Waals surface area contributed by atoms with E-state index in [1.54, 1.807) is 11.9 Å². The molecule has 1 aliphatic rings. The van der Waals surface area contributed by atoms with Gasteiger partial charge in [0.05, 0.1) is 0 Å². The maximum Gasteiger partial charge on any atom is 0.265 e. The summed E-state index contributed by atoms with van der Waals surface area (Å²) in [5.74, 6) is -0.124. The Morgan fingerprint density at radius 1 is 1.50 bits per heavy atom. The molecular formula is C12H15BrN2O2S. The first-order chi connectivity index (χ1) is 8.65. The molecule has 0 aromatic carbocycles. The lowest BCUT2D eigenvalue weighted by Crippen LogP contribution is -2.51. The number of nitrogens with zero attached hydrogens (tertiary/aromatic N) is 1. The van der Waals surface area contributed by atoms with Crippen molar-refractivity contribution in [3.63, 3.8) is 0 Å². The minimum Gasteiger partial charge on any atom is -0.357 e. The van der Waals surface area contributed by atoms with E-state index in [9.17, 15) is 9.59 Å². The van der Waals surface area contributed by atoms with Crippen LogP contribution in [-0.4, -0.2) is 36.3 Å². The lowest BCUT2D eigenvalue weighted by molar-refractivity contribution is -0.126. The molecule has 2 rings (SSSR count). The molecule has 1 aliphatic heterocycles. The van der Waals surface area contributed by atoms with Crippen LogP contribution in [0.3, 0.4) is 0 Å². The molecule has 0 bridgehead atoms. The molecule has 6 heteroatoms. The Balaban J connectivity index is 2.21. The molecule has 1 fully saturated rings. The fraction of sp³-hybridized carbons (Fsp3) is 0.500. The zero-order valence-corrected chi connectivity index (χ0v) is 12.5. The van der Waals surface area contributed by atoms with E-state index in [1.807, 2.05) is 11.4 Å². The van der Waals surface area contributed by atoms with E-state index in [-0.39, 0.29) is 17.9 Å². The summed E-state index contributed by atoms with van der Waals surface area (Å²) in [5, 5.41) is 4.51. The molecule has 1 saturated heterocycles. The molecule has 0 aliphatic carbocycles. The second kappa shape index (κ2) is 5.84. The number of nitrogens with one attached hydrogen (secondary N) is 1. The molecule has 1 N–H and O–H groups in total. The minimum atomic E-state index is -0.328. The Bertz CT molecular complexity index is 461. The van der Waals surface area contributed by atoms with Crippen molar-refractivity contribution in [3.8, 4) is 0 Å². The summed E-state index contributed by atoms with van der Waals surface area (Å²) in [6, 6.07) is 1.53. The second-order valence-electron chi connectivity index (χ2n) is 4.22. The summed E-state index contributed by atoms with van der Waals surface area (Å²) in [4.78, 5) is 26.6. The third-order valence-electron chi connectivity index (χ3n) is 3.12. The first-order valence-electron chi connectivity index (χ1n) is 5.90. The van der Waals surface area contributed by atoms with Gasteiger partial charge in [-0.05, 0) is 46.6 Å². The summed E-state index contributed by atoms with van der Waals surface area (Å²) in [5.41, 5.74) is 0. The lowest BCUT2D eigenvalue weighted by Gasteiger charge is -2.34. The van der Waals surface area contributed by atoms with Crippen molar-refractivity contribution in [2.45, 2.75) is 25.3 Å². The standard InChI is InChI=1S/C12H15BrN2O2S/c1-14-11(16)9-4-2-3-6-15(9)12(17)10-8(13)5-7-18-10/h5,7,9H,2-4,6H2,1H3,(H,14,16). The van der Waals surface area contributed by atoms with Crippen molar-refractivity contribution in [2.75, 3.05) is 13.6 Å². The molecular weight excluding hydrogens is 316 g/mol. The van der Waals surface area contributed by atoms with Crippen LogP contribution in [0.25, 0.3) is 0 Å². The Kier molecular flexibility index (Phi) is 4.40. The van der Waals surface area contributed by atoms with Gasteiger partial charge >= 0.3 is 0 Å². The molecule has 98 valence electrons. The van der Waals surface area contributed by atoms with Gasteiger partial charge in [-0.1, -0.05) is 0 Å². The number of hydrogen-bond acceptors (Lipinski definition) is 3. The predicted molar refractivity (Wildman–Crippen MR) is 74.8 cm³/mol. The fourth-order valence-electron chi connectivity index (χ4n) is 2.19. The van der Waals surface area contributed by atoms with E-state index in [0.29, 0.717) is 11.4 Å². The number of rotatable bonds is 2. The maximum absolute atomic E-state index is 12.4. The fourth-order valence-corrected chi connectivity index (χ4v) is 3.69. The molecule has 2 heterocycles. The maximum atomic E-state index is 12.4. The van der Waals surface area contributed by atoms with Crippen molar-refractivity contribution in [2.24, 2.45) is 0 Å². The zero-order chi connectivity index (χ0) is 13.1. The topological polar surface area (TPSA) is 49.4 Å². The predicted octanol–water partition coefficient (Wildman–Crippen LogP) is 2.25.